The van der Waals surface area contributed by atoms with Crippen LogP contribution in [0, 0.1) is 0 Å². The highest BCUT2D eigenvalue weighted by atomic mass is 32.2. The first-order valence-corrected chi connectivity index (χ1v) is 10.9. The number of hydrogen-bond acceptors (Lipinski definition) is 5. The van der Waals surface area contributed by atoms with Crippen molar-refractivity contribution in [2.75, 3.05) is 21.9 Å². The summed E-state index contributed by atoms with van der Waals surface area (Å²) in [6, 6.07) is 21.4. The third-order valence-electron chi connectivity index (χ3n) is 4.87. The second-order valence-electron chi connectivity index (χ2n) is 6.87. The molecule has 0 spiro atoms. The van der Waals surface area contributed by atoms with E-state index in [1.165, 1.54) is 11.1 Å². The van der Waals surface area contributed by atoms with Crippen molar-refractivity contribution in [2.45, 2.75) is 19.4 Å². The van der Waals surface area contributed by atoms with Crippen molar-refractivity contribution < 1.29 is 8.42 Å². The van der Waals surface area contributed by atoms with E-state index in [9.17, 15) is 8.42 Å². The Kier molecular flexibility index (Phi) is 5.25. The van der Waals surface area contributed by atoms with Gasteiger partial charge in [-0.05, 0) is 41.7 Å². The van der Waals surface area contributed by atoms with Gasteiger partial charge in [0, 0.05) is 13.1 Å². The minimum atomic E-state index is -3.48. The van der Waals surface area contributed by atoms with Gasteiger partial charge in [-0.25, -0.2) is 8.42 Å². The molecule has 1 N–H and O–H groups in total. The van der Waals surface area contributed by atoms with Gasteiger partial charge in [0.2, 0.25) is 10.0 Å². The van der Waals surface area contributed by atoms with E-state index in [1.54, 1.807) is 6.07 Å². The van der Waals surface area contributed by atoms with E-state index in [0.717, 1.165) is 30.9 Å². The lowest BCUT2D eigenvalue weighted by Crippen LogP contribution is -2.31. The van der Waals surface area contributed by atoms with Crippen molar-refractivity contribution in [2.24, 2.45) is 0 Å². The van der Waals surface area contributed by atoms with Crippen molar-refractivity contribution in [1.29, 1.82) is 0 Å². The predicted octanol–water partition coefficient (Wildman–Crippen LogP) is 3.02. The van der Waals surface area contributed by atoms with E-state index in [0.29, 0.717) is 6.42 Å². The zero-order valence-corrected chi connectivity index (χ0v) is 16.3. The summed E-state index contributed by atoms with van der Waals surface area (Å²) in [4.78, 5) is 2.16. The Hall–Kier alpha value is -2.93. The monoisotopic (exact) mass is 394 g/mol. The first-order valence-electron chi connectivity index (χ1n) is 9.29. The van der Waals surface area contributed by atoms with E-state index < -0.39 is 10.0 Å². The van der Waals surface area contributed by atoms with Gasteiger partial charge in [-0.15, -0.1) is 10.2 Å². The third kappa shape index (κ3) is 4.48. The Balaban J connectivity index is 1.38. The molecule has 1 aliphatic rings. The van der Waals surface area contributed by atoms with E-state index in [-0.39, 0.29) is 11.6 Å². The summed E-state index contributed by atoms with van der Waals surface area (Å²) in [6.45, 7) is 1.65. The molecule has 6 nitrogen and oxygen atoms in total. The second-order valence-corrected chi connectivity index (χ2v) is 8.72. The van der Waals surface area contributed by atoms with Crippen molar-refractivity contribution in [3.8, 4) is 0 Å². The van der Waals surface area contributed by atoms with Crippen LogP contribution in [0.3, 0.4) is 0 Å². The van der Waals surface area contributed by atoms with Crippen molar-refractivity contribution >= 4 is 21.7 Å². The van der Waals surface area contributed by atoms with Crippen molar-refractivity contribution in [3.05, 3.63) is 83.4 Å². The minimum Gasteiger partial charge on any atom is -0.350 e. The van der Waals surface area contributed by atoms with Crippen LogP contribution in [0.5, 0.6) is 0 Å². The van der Waals surface area contributed by atoms with Crippen molar-refractivity contribution in [1.82, 2.24) is 10.2 Å². The molecular formula is C21H22N4O2S. The number of nitrogens with one attached hydrogen (secondary N) is 1. The Bertz CT molecular complexity index is 1040. The molecule has 1 aliphatic heterocycles. The van der Waals surface area contributed by atoms with E-state index >= 15 is 0 Å². The van der Waals surface area contributed by atoms with Crippen molar-refractivity contribution in [3.63, 3.8) is 0 Å². The summed E-state index contributed by atoms with van der Waals surface area (Å²) < 4.78 is 27.1. The van der Waals surface area contributed by atoms with E-state index in [2.05, 4.69) is 38.0 Å². The smallest absolute Gasteiger partial charge is 0.234 e. The first kappa shape index (κ1) is 18.4. The molecule has 144 valence electrons. The standard InChI is InChI=1S/C21H22N4O2S/c26-28(27,15-13-17-6-2-1-3-7-17)24-20-10-11-21(23-22-20)25-14-12-18-8-4-5-9-19(18)16-25/h1-11H,12-16H2,(H,22,24). The summed E-state index contributed by atoms with van der Waals surface area (Å²) >= 11 is 0. The quantitative estimate of drug-likeness (QED) is 0.696. The van der Waals surface area contributed by atoms with Gasteiger partial charge in [0.05, 0.1) is 5.75 Å². The van der Waals surface area contributed by atoms with Gasteiger partial charge in [-0.3, -0.25) is 4.72 Å². The number of aryl methyl sites for hydroxylation is 1. The van der Waals surface area contributed by atoms with Gasteiger partial charge in [0.25, 0.3) is 0 Å². The maximum absolute atomic E-state index is 12.3. The molecule has 0 amide bonds. The molecule has 0 radical (unpaired) electrons. The molecule has 0 saturated carbocycles. The number of rotatable bonds is 6. The molecular weight excluding hydrogens is 372 g/mol. The largest absolute Gasteiger partial charge is 0.350 e. The predicted molar refractivity (Wildman–Crippen MR) is 111 cm³/mol. The lowest BCUT2D eigenvalue weighted by molar-refractivity contribution is 0.600. The van der Waals surface area contributed by atoms with Crippen LogP contribution in [-0.4, -0.2) is 30.9 Å². The molecule has 0 aliphatic carbocycles. The lowest BCUT2D eigenvalue weighted by atomic mass is 10.00. The molecule has 7 heteroatoms. The van der Waals surface area contributed by atoms with Gasteiger partial charge >= 0.3 is 0 Å². The van der Waals surface area contributed by atoms with Crippen LogP contribution in [-0.2, 0) is 29.4 Å². The summed E-state index contributed by atoms with van der Waals surface area (Å²) in [5.41, 5.74) is 3.65. The fraction of sp³-hybridized carbons (Fsp3) is 0.238. The average Bonchev–Trinajstić information content (AvgIpc) is 2.73. The van der Waals surface area contributed by atoms with Gasteiger partial charge in [-0.1, -0.05) is 54.6 Å². The van der Waals surface area contributed by atoms with Crippen LogP contribution in [0.2, 0.25) is 0 Å². The number of fused-ring (bicyclic) bond motifs is 1. The van der Waals surface area contributed by atoms with E-state index in [1.807, 2.05) is 42.5 Å². The van der Waals surface area contributed by atoms with E-state index in [4.69, 9.17) is 0 Å². The summed E-state index contributed by atoms with van der Waals surface area (Å²) in [5, 5.41) is 8.29. The Labute approximate surface area is 165 Å². The molecule has 0 unspecified atom stereocenters. The molecule has 1 aromatic heterocycles. The number of benzene rings is 2. The third-order valence-corrected chi connectivity index (χ3v) is 6.13. The summed E-state index contributed by atoms with van der Waals surface area (Å²) in [7, 11) is -3.48. The maximum Gasteiger partial charge on any atom is 0.234 e. The van der Waals surface area contributed by atoms with Crippen LogP contribution < -0.4 is 9.62 Å². The van der Waals surface area contributed by atoms with Crippen LogP contribution in [0.4, 0.5) is 11.6 Å². The SMILES string of the molecule is O=S(=O)(CCc1ccccc1)Nc1ccc(N2CCc3ccccc3C2)nn1. The molecule has 3 aromatic rings. The zero-order chi connectivity index (χ0) is 19.4. The van der Waals surface area contributed by atoms with Crippen LogP contribution in [0.1, 0.15) is 16.7 Å². The maximum atomic E-state index is 12.3. The fourth-order valence-electron chi connectivity index (χ4n) is 3.35. The Morgan fingerprint density at radius 2 is 1.64 bits per heavy atom. The first-order chi connectivity index (χ1) is 13.6. The number of sulfonamides is 1. The summed E-state index contributed by atoms with van der Waals surface area (Å²) in [6.07, 6.45) is 1.42. The van der Waals surface area contributed by atoms with Crippen LogP contribution >= 0.6 is 0 Å². The van der Waals surface area contributed by atoms with Gasteiger partial charge < -0.3 is 4.90 Å². The highest BCUT2D eigenvalue weighted by molar-refractivity contribution is 7.92. The average molecular weight is 395 g/mol. The molecule has 2 aromatic carbocycles. The molecule has 0 atom stereocenters. The molecule has 0 fully saturated rings. The Morgan fingerprint density at radius 1 is 0.893 bits per heavy atom. The minimum absolute atomic E-state index is 0.00333. The number of anilines is 2. The molecule has 2 heterocycles. The number of hydrogen-bond donors (Lipinski definition) is 1. The Morgan fingerprint density at radius 3 is 2.39 bits per heavy atom. The lowest BCUT2D eigenvalue weighted by Gasteiger charge is -2.29. The van der Waals surface area contributed by atoms with Gasteiger partial charge in [-0.2, -0.15) is 0 Å². The number of aromatic nitrogens is 2. The van der Waals surface area contributed by atoms with Gasteiger partial charge in [0.15, 0.2) is 11.6 Å². The number of nitrogens with zero attached hydrogens (tertiary/aromatic N) is 3. The molecule has 0 saturated heterocycles. The molecule has 4 rings (SSSR count). The second kappa shape index (κ2) is 7.98. The van der Waals surface area contributed by atoms with Crippen LogP contribution in [0.15, 0.2) is 66.7 Å². The zero-order valence-electron chi connectivity index (χ0n) is 15.5. The molecule has 28 heavy (non-hydrogen) atoms. The normalized spacial score (nSPS) is 13.8. The highest BCUT2D eigenvalue weighted by Crippen LogP contribution is 2.23. The topological polar surface area (TPSA) is 75.2 Å². The summed E-state index contributed by atoms with van der Waals surface area (Å²) in [5.74, 6) is 1.000. The van der Waals surface area contributed by atoms with Crippen LogP contribution in [0.25, 0.3) is 0 Å². The van der Waals surface area contributed by atoms with Gasteiger partial charge in [0.1, 0.15) is 0 Å². The fourth-order valence-corrected chi connectivity index (χ4v) is 4.38. The molecule has 0 bridgehead atoms. The highest BCUT2D eigenvalue weighted by Gasteiger charge is 2.18.